The Morgan fingerprint density at radius 2 is 2.00 bits per heavy atom. The van der Waals surface area contributed by atoms with Crippen LogP contribution in [0.5, 0.6) is 0 Å². The molecule has 0 unspecified atom stereocenters. The van der Waals surface area contributed by atoms with Gasteiger partial charge in [-0.15, -0.1) is 0 Å². The minimum Gasteiger partial charge on any atom is -0.465 e. The van der Waals surface area contributed by atoms with E-state index in [0.717, 1.165) is 0 Å². The van der Waals surface area contributed by atoms with Gasteiger partial charge in [0, 0.05) is 18.3 Å². The van der Waals surface area contributed by atoms with Gasteiger partial charge in [0.05, 0.1) is 12.5 Å². The van der Waals surface area contributed by atoms with E-state index in [9.17, 15) is 9.59 Å². The number of ether oxygens (including phenoxy) is 1. The molecule has 1 aliphatic heterocycles. The molecular weight excluding hydrogens is 168 g/mol. The fourth-order valence-corrected chi connectivity index (χ4v) is 2.53. The average molecular weight is 182 g/mol. The van der Waals surface area contributed by atoms with Crippen molar-refractivity contribution in [1.29, 1.82) is 0 Å². The van der Waals surface area contributed by atoms with Crippen LogP contribution in [0.1, 0.15) is 20.3 Å². The summed E-state index contributed by atoms with van der Waals surface area (Å²) in [6.45, 7) is 4.32. The predicted octanol–water partition coefficient (Wildman–Crippen LogP) is 1.02. The van der Waals surface area contributed by atoms with Crippen LogP contribution < -0.4 is 0 Å². The molecule has 0 aromatic heterocycles. The van der Waals surface area contributed by atoms with E-state index in [4.69, 9.17) is 4.74 Å². The summed E-state index contributed by atoms with van der Waals surface area (Å²) < 4.78 is 5.00. The number of cyclic esters (lactones) is 1. The third-order valence-corrected chi connectivity index (χ3v) is 3.44. The highest BCUT2D eigenvalue weighted by molar-refractivity contribution is 5.86. The number of esters is 1. The number of hydrogen-bond donors (Lipinski definition) is 0. The lowest BCUT2D eigenvalue weighted by molar-refractivity contribution is -0.143. The van der Waals surface area contributed by atoms with E-state index >= 15 is 0 Å². The normalized spacial score (nSPS) is 44.5. The zero-order valence-corrected chi connectivity index (χ0v) is 7.95. The van der Waals surface area contributed by atoms with Crippen LogP contribution in [0, 0.1) is 23.7 Å². The summed E-state index contributed by atoms with van der Waals surface area (Å²) in [6, 6.07) is 0. The van der Waals surface area contributed by atoms with Crippen molar-refractivity contribution in [2.75, 3.05) is 6.61 Å². The molecule has 0 spiro atoms. The van der Waals surface area contributed by atoms with Gasteiger partial charge in [0.25, 0.3) is 0 Å². The number of hydrogen-bond acceptors (Lipinski definition) is 3. The summed E-state index contributed by atoms with van der Waals surface area (Å²) in [5.41, 5.74) is 0. The van der Waals surface area contributed by atoms with Gasteiger partial charge in [-0.05, 0) is 5.92 Å². The van der Waals surface area contributed by atoms with Gasteiger partial charge in [-0.25, -0.2) is 0 Å². The molecule has 13 heavy (non-hydrogen) atoms. The van der Waals surface area contributed by atoms with Crippen molar-refractivity contribution in [3.8, 4) is 0 Å². The molecule has 2 fully saturated rings. The fraction of sp³-hybridized carbons (Fsp3) is 0.800. The van der Waals surface area contributed by atoms with E-state index in [1.165, 1.54) is 0 Å². The molecule has 2 aliphatic rings. The van der Waals surface area contributed by atoms with Gasteiger partial charge >= 0.3 is 5.97 Å². The van der Waals surface area contributed by atoms with Crippen molar-refractivity contribution in [2.24, 2.45) is 23.7 Å². The largest absolute Gasteiger partial charge is 0.465 e. The molecule has 0 amide bonds. The Morgan fingerprint density at radius 3 is 2.69 bits per heavy atom. The van der Waals surface area contributed by atoms with Crippen LogP contribution >= 0.6 is 0 Å². The van der Waals surface area contributed by atoms with Crippen molar-refractivity contribution >= 4 is 11.8 Å². The third-order valence-electron chi connectivity index (χ3n) is 3.44. The lowest BCUT2D eigenvalue weighted by Gasteiger charge is -2.31. The monoisotopic (exact) mass is 182 g/mol. The number of carbonyl (C=O) groups excluding carboxylic acids is 2. The first-order valence-electron chi connectivity index (χ1n) is 4.80. The van der Waals surface area contributed by atoms with Gasteiger partial charge in [0.15, 0.2) is 0 Å². The Bertz CT molecular complexity index is 257. The van der Waals surface area contributed by atoms with E-state index in [2.05, 4.69) is 0 Å². The Morgan fingerprint density at radius 1 is 1.31 bits per heavy atom. The second-order valence-electron chi connectivity index (χ2n) is 4.26. The molecule has 0 radical (unpaired) electrons. The molecule has 3 heteroatoms. The molecule has 1 aliphatic carbocycles. The minimum atomic E-state index is -0.100. The minimum absolute atomic E-state index is 0.00708. The molecule has 2 rings (SSSR count). The van der Waals surface area contributed by atoms with Crippen molar-refractivity contribution in [3.05, 3.63) is 0 Å². The van der Waals surface area contributed by atoms with Gasteiger partial charge in [-0.2, -0.15) is 0 Å². The highest BCUT2D eigenvalue weighted by Crippen LogP contribution is 2.41. The smallest absolute Gasteiger partial charge is 0.309 e. The molecule has 1 saturated carbocycles. The Labute approximate surface area is 77.4 Å². The molecular formula is C10H14O3. The zero-order valence-electron chi connectivity index (χ0n) is 7.95. The van der Waals surface area contributed by atoms with Gasteiger partial charge < -0.3 is 4.74 Å². The molecule has 0 bridgehead atoms. The molecule has 3 nitrogen and oxygen atoms in total. The average Bonchev–Trinajstić information content (AvgIpc) is 2.44. The SMILES string of the molecule is C[C@H]1CC(=O)[C@H](C)[C@@H]2COC(=O)[C@@H]21. The number of rotatable bonds is 0. The van der Waals surface area contributed by atoms with E-state index in [1.807, 2.05) is 13.8 Å². The summed E-state index contributed by atoms with van der Waals surface area (Å²) in [5.74, 6) is 0.483. The van der Waals surface area contributed by atoms with Gasteiger partial charge in [-0.3, -0.25) is 9.59 Å². The van der Waals surface area contributed by atoms with E-state index in [-0.39, 0.29) is 35.4 Å². The molecule has 0 aromatic carbocycles. The second kappa shape index (κ2) is 2.82. The van der Waals surface area contributed by atoms with Crippen molar-refractivity contribution in [1.82, 2.24) is 0 Å². The van der Waals surface area contributed by atoms with E-state index < -0.39 is 0 Å². The highest BCUT2D eigenvalue weighted by Gasteiger charge is 2.48. The zero-order chi connectivity index (χ0) is 9.59. The molecule has 1 heterocycles. The van der Waals surface area contributed by atoms with Crippen molar-refractivity contribution in [2.45, 2.75) is 20.3 Å². The molecule has 72 valence electrons. The maximum atomic E-state index is 11.5. The number of fused-ring (bicyclic) bond motifs is 1. The van der Waals surface area contributed by atoms with Crippen LogP contribution in [0.15, 0.2) is 0 Å². The van der Waals surface area contributed by atoms with Gasteiger partial charge in [0.2, 0.25) is 0 Å². The molecule has 1 saturated heterocycles. The summed E-state index contributed by atoms with van der Waals surface area (Å²) in [4.78, 5) is 22.8. The van der Waals surface area contributed by atoms with Gasteiger partial charge in [0.1, 0.15) is 5.78 Å². The van der Waals surface area contributed by atoms with E-state index in [1.54, 1.807) is 0 Å². The topological polar surface area (TPSA) is 43.4 Å². The maximum Gasteiger partial charge on any atom is 0.309 e. The fourth-order valence-electron chi connectivity index (χ4n) is 2.53. The lowest BCUT2D eigenvalue weighted by atomic mass is 9.68. The third kappa shape index (κ3) is 1.18. The Hall–Kier alpha value is -0.860. The standard InChI is InChI=1S/C10H14O3/c1-5-3-8(11)6(2)7-4-13-10(12)9(5)7/h5-7,9H,3-4H2,1-2H3/t5-,6+,7-,9+/m0/s1. The van der Waals surface area contributed by atoms with Crippen LogP contribution in [0.2, 0.25) is 0 Å². The second-order valence-corrected chi connectivity index (χ2v) is 4.26. The number of ketones is 1. The summed E-state index contributed by atoms with van der Waals surface area (Å²) in [5, 5.41) is 0. The van der Waals surface area contributed by atoms with Crippen LogP contribution in [-0.4, -0.2) is 18.4 Å². The Kier molecular flexibility index (Phi) is 1.90. The summed E-state index contributed by atoms with van der Waals surface area (Å²) in [6.07, 6.45) is 0.539. The maximum absolute atomic E-state index is 11.5. The summed E-state index contributed by atoms with van der Waals surface area (Å²) >= 11 is 0. The molecule has 0 aromatic rings. The van der Waals surface area contributed by atoms with Gasteiger partial charge in [-0.1, -0.05) is 13.8 Å². The van der Waals surface area contributed by atoms with Crippen LogP contribution in [0.25, 0.3) is 0 Å². The first-order chi connectivity index (χ1) is 6.11. The van der Waals surface area contributed by atoms with Crippen LogP contribution in [-0.2, 0) is 14.3 Å². The van der Waals surface area contributed by atoms with Crippen molar-refractivity contribution in [3.63, 3.8) is 0 Å². The van der Waals surface area contributed by atoms with Crippen LogP contribution in [0.4, 0.5) is 0 Å². The van der Waals surface area contributed by atoms with E-state index in [0.29, 0.717) is 13.0 Å². The summed E-state index contributed by atoms with van der Waals surface area (Å²) in [7, 11) is 0. The Balaban J connectivity index is 2.26. The van der Waals surface area contributed by atoms with Crippen molar-refractivity contribution < 1.29 is 14.3 Å². The van der Waals surface area contributed by atoms with Crippen LogP contribution in [0.3, 0.4) is 0 Å². The number of Topliss-reactive ketones (excluding diaryl/α,β-unsaturated/α-hetero) is 1. The highest BCUT2D eigenvalue weighted by atomic mass is 16.5. The first kappa shape index (κ1) is 8.73. The molecule has 4 atom stereocenters. The number of carbonyl (C=O) groups is 2. The quantitative estimate of drug-likeness (QED) is 0.525. The predicted molar refractivity (Wildman–Crippen MR) is 45.9 cm³/mol. The lowest BCUT2D eigenvalue weighted by Crippen LogP contribution is -2.38. The first-order valence-corrected chi connectivity index (χ1v) is 4.80. The molecule has 0 N–H and O–H groups in total.